The fourth-order valence-corrected chi connectivity index (χ4v) is 4.96. The van der Waals surface area contributed by atoms with Crippen LogP contribution in [0.1, 0.15) is 11.1 Å². The Morgan fingerprint density at radius 2 is 1.69 bits per heavy atom. The number of likely N-dealkylation sites (N-methyl/N-ethyl adjacent to an activating group) is 1. The molecule has 4 rings (SSSR count). The molecule has 11 heteroatoms. The molecule has 3 aromatic rings. The molecule has 0 saturated carbocycles. The largest absolute Gasteiger partial charge is 0.454 e. The van der Waals surface area contributed by atoms with Crippen LogP contribution in [0.5, 0.6) is 11.5 Å². The minimum absolute atomic E-state index is 0.0957. The number of nitrogens with zero attached hydrogens (tertiary/aromatic N) is 1. The van der Waals surface area contributed by atoms with Crippen LogP contribution in [-0.4, -0.2) is 40.2 Å². The van der Waals surface area contributed by atoms with Crippen LogP contribution in [0, 0.1) is 0 Å². The van der Waals surface area contributed by atoms with Crippen molar-refractivity contribution in [1.82, 2.24) is 10.0 Å². The Balaban J connectivity index is 1.49. The number of hydrogen-bond acceptors (Lipinski definition) is 6. The number of amides is 3. The average molecular weight is 530 g/mol. The van der Waals surface area contributed by atoms with Gasteiger partial charge in [-0.05, 0) is 35.4 Å². The van der Waals surface area contributed by atoms with E-state index in [2.05, 4.69) is 5.32 Å². The predicted octanol–water partition coefficient (Wildman–Crippen LogP) is 3.47. The molecule has 0 aromatic heterocycles. The SMILES string of the molecule is CN(C(=O)[C@H](Cc1ccccc1)NC(=O)NS(=O)(=O)Cc1cccc(Cl)c1)c1ccc2c(c1)OCO2. The molecule has 0 radical (unpaired) electrons. The lowest BCUT2D eigenvalue weighted by molar-refractivity contribution is -0.120. The third-order valence-corrected chi connectivity index (χ3v) is 6.90. The fourth-order valence-electron chi connectivity index (χ4n) is 3.72. The van der Waals surface area contributed by atoms with Crippen LogP contribution in [0.15, 0.2) is 72.8 Å². The van der Waals surface area contributed by atoms with Gasteiger partial charge in [-0.3, -0.25) is 4.79 Å². The van der Waals surface area contributed by atoms with Gasteiger partial charge in [0.1, 0.15) is 6.04 Å². The quantitative estimate of drug-likeness (QED) is 0.462. The number of ether oxygens (including phenoxy) is 2. The smallest absolute Gasteiger partial charge is 0.329 e. The second-order valence-corrected chi connectivity index (χ2v) is 10.3. The van der Waals surface area contributed by atoms with E-state index >= 15 is 0 Å². The molecule has 1 atom stereocenters. The molecular weight excluding hydrogens is 506 g/mol. The predicted molar refractivity (Wildman–Crippen MR) is 136 cm³/mol. The van der Waals surface area contributed by atoms with E-state index in [0.29, 0.717) is 27.8 Å². The monoisotopic (exact) mass is 529 g/mol. The molecule has 3 amide bonds. The molecule has 1 heterocycles. The van der Waals surface area contributed by atoms with E-state index in [1.54, 1.807) is 43.4 Å². The highest BCUT2D eigenvalue weighted by atomic mass is 35.5. The van der Waals surface area contributed by atoms with Crippen molar-refractivity contribution >= 4 is 39.2 Å². The Morgan fingerprint density at radius 3 is 2.44 bits per heavy atom. The summed E-state index contributed by atoms with van der Waals surface area (Å²) < 4.78 is 37.8. The van der Waals surface area contributed by atoms with Gasteiger partial charge in [0, 0.05) is 30.2 Å². The summed E-state index contributed by atoms with van der Waals surface area (Å²) in [5, 5.41) is 2.90. The van der Waals surface area contributed by atoms with E-state index in [-0.39, 0.29) is 13.2 Å². The zero-order valence-electron chi connectivity index (χ0n) is 19.3. The lowest BCUT2D eigenvalue weighted by atomic mass is 10.0. The number of carbonyl (C=O) groups excluding carboxylic acids is 2. The zero-order chi connectivity index (χ0) is 25.7. The summed E-state index contributed by atoms with van der Waals surface area (Å²) in [6.07, 6.45) is 0.149. The van der Waals surface area contributed by atoms with Crippen molar-refractivity contribution in [1.29, 1.82) is 0 Å². The Labute approximate surface area is 214 Å². The van der Waals surface area contributed by atoms with Crippen LogP contribution in [0.25, 0.3) is 0 Å². The van der Waals surface area contributed by atoms with Crippen LogP contribution in [0.4, 0.5) is 10.5 Å². The Bertz CT molecular complexity index is 1370. The van der Waals surface area contributed by atoms with E-state index < -0.39 is 33.8 Å². The standard InChI is InChI=1S/C25H24ClN3O6S/c1-29(20-10-11-22-23(14-20)35-16-34-22)24(30)21(13-17-6-3-2-4-7-17)27-25(31)28-36(32,33)15-18-8-5-9-19(26)12-18/h2-12,14,21H,13,15-16H2,1H3,(H2,27,28,31)/t21-/m0/s1. The van der Waals surface area contributed by atoms with Crippen molar-refractivity contribution in [2.75, 3.05) is 18.7 Å². The first kappa shape index (κ1) is 25.3. The van der Waals surface area contributed by atoms with Crippen molar-refractivity contribution in [3.05, 3.63) is 88.9 Å². The first-order chi connectivity index (χ1) is 17.2. The van der Waals surface area contributed by atoms with Gasteiger partial charge in [-0.2, -0.15) is 0 Å². The van der Waals surface area contributed by atoms with Gasteiger partial charge in [-0.1, -0.05) is 54.1 Å². The van der Waals surface area contributed by atoms with Crippen LogP contribution in [-0.2, 0) is 27.0 Å². The molecule has 0 bridgehead atoms. The summed E-state index contributed by atoms with van der Waals surface area (Å²) in [6, 6.07) is 18.4. The minimum atomic E-state index is -4.05. The maximum absolute atomic E-state index is 13.4. The number of halogens is 1. The number of rotatable bonds is 8. The van der Waals surface area contributed by atoms with Crippen molar-refractivity contribution in [3.63, 3.8) is 0 Å². The number of urea groups is 1. The average Bonchev–Trinajstić information content (AvgIpc) is 3.30. The topological polar surface area (TPSA) is 114 Å². The third kappa shape index (κ3) is 6.46. The van der Waals surface area contributed by atoms with Gasteiger partial charge >= 0.3 is 6.03 Å². The maximum Gasteiger partial charge on any atom is 0.329 e. The van der Waals surface area contributed by atoms with Crippen molar-refractivity contribution < 1.29 is 27.5 Å². The van der Waals surface area contributed by atoms with Crippen LogP contribution in [0.2, 0.25) is 5.02 Å². The normalized spacial score (nSPS) is 13.1. The fraction of sp³-hybridized carbons (Fsp3) is 0.200. The number of hydrogen-bond donors (Lipinski definition) is 2. The number of nitrogens with one attached hydrogen (secondary N) is 2. The van der Waals surface area contributed by atoms with Gasteiger partial charge < -0.3 is 19.7 Å². The van der Waals surface area contributed by atoms with E-state index in [0.717, 1.165) is 5.56 Å². The first-order valence-electron chi connectivity index (χ1n) is 11.0. The van der Waals surface area contributed by atoms with Gasteiger partial charge in [0.25, 0.3) is 0 Å². The Kier molecular flexibility index (Phi) is 7.66. The molecule has 2 N–H and O–H groups in total. The summed E-state index contributed by atoms with van der Waals surface area (Å²) >= 11 is 5.92. The van der Waals surface area contributed by atoms with Crippen LogP contribution in [0.3, 0.4) is 0 Å². The van der Waals surface area contributed by atoms with E-state index in [1.807, 2.05) is 35.1 Å². The van der Waals surface area contributed by atoms with Gasteiger partial charge in [0.2, 0.25) is 22.7 Å². The Morgan fingerprint density at radius 1 is 0.972 bits per heavy atom. The lowest BCUT2D eigenvalue weighted by Gasteiger charge is -2.25. The molecule has 1 aliphatic rings. The second-order valence-electron chi connectivity index (χ2n) is 8.14. The van der Waals surface area contributed by atoms with Crippen LogP contribution < -0.4 is 24.4 Å². The molecule has 36 heavy (non-hydrogen) atoms. The Hall–Kier alpha value is -3.76. The molecule has 188 valence electrons. The number of carbonyl (C=O) groups is 2. The molecule has 0 saturated heterocycles. The highest BCUT2D eigenvalue weighted by Gasteiger charge is 2.28. The number of benzene rings is 3. The van der Waals surface area contributed by atoms with E-state index in [9.17, 15) is 18.0 Å². The molecule has 0 spiro atoms. The highest BCUT2D eigenvalue weighted by Crippen LogP contribution is 2.35. The maximum atomic E-state index is 13.4. The van der Waals surface area contributed by atoms with E-state index in [1.165, 1.54) is 11.0 Å². The van der Waals surface area contributed by atoms with Crippen molar-refractivity contribution in [2.24, 2.45) is 0 Å². The van der Waals surface area contributed by atoms with Gasteiger partial charge in [-0.25, -0.2) is 17.9 Å². The number of fused-ring (bicyclic) bond motifs is 1. The molecule has 3 aromatic carbocycles. The van der Waals surface area contributed by atoms with Gasteiger partial charge in [-0.15, -0.1) is 0 Å². The van der Waals surface area contributed by atoms with Gasteiger partial charge in [0.15, 0.2) is 11.5 Å². The summed E-state index contributed by atoms with van der Waals surface area (Å²) in [7, 11) is -2.49. The second kappa shape index (κ2) is 10.9. The van der Waals surface area contributed by atoms with E-state index in [4.69, 9.17) is 21.1 Å². The first-order valence-corrected chi connectivity index (χ1v) is 13.0. The molecule has 0 fully saturated rings. The van der Waals surface area contributed by atoms with Crippen molar-refractivity contribution in [3.8, 4) is 11.5 Å². The molecular formula is C25H24ClN3O6S. The molecule has 1 aliphatic heterocycles. The summed E-state index contributed by atoms with van der Waals surface area (Å²) in [5.41, 5.74) is 1.73. The molecule has 0 aliphatic carbocycles. The minimum Gasteiger partial charge on any atom is -0.454 e. The zero-order valence-corrected chi connectivity index (χ0v) is 20.9. The van der Waals surface area contributed by atoms with Crippen molar-refractivity contribution in [2.45, 2.75) is 18.2 Å². The summed E-state index contributed by atoms with van der Waals surface area (Å²) in [5.74, 6) is 0.183. The summed E-state index contributed by atoms with van der Waals surface area (Å²) in [4.78, 5) is 27.5. The van der Waals surface area contributed by atoms with Crippen LogP contribution >= 0.6 is 11.6 Å². The molecule has 9 nitrogen and oxygen atoms in total. The third-order valence-electron chi connectivity index (χ3n) is 5.45. The van der Waals surface area contributed by atoms with Gasteiger partial charge in [0.05, 0.1) is 5.75 Å². The number of sulfonamides is 1. The molecule has 0 unspecified atom stereocenters. The number of anilines is 1. The lowest BCUT2D eigenvalue weighted by Crippen LogP contribution is -2.52. The highest BCUT2D eigenvalue weighted by molar-refractivity contribution is 7.89. The summed E-state index contributed by atoms with van der Waals surface area (Å²) in [6.45, 7) is 0.0957.